The summed E-state index contributed by atoms with van der Waals surface area (Å²) in [7, 11) is 0. The molecule has 0 fully saturated rings. The average molecular weight is 211 g/mol. The standard InChI is InChI=1S/C15H17N/c1-4-16-8-6-12-9-13-11(10-14(12)16)5-7-15(13,2)3/h5-10H,4H2,1-3H3. The number of hydrogen-bond donors (Lipinski definition) is 0. The largest absolute Gasteiger partial charge is 0.348 e. The number of allylic oxidation sites excluding steroid dienone is 1. The van der Waals surface area contributed by atoms with Crippen molar-refractivity contribution in [3.63, 3.8) is 0 Å². The predicted octanol–water partition coefficient (Wildman–Crippen LogP) is 3.97. The SMILES string of the molecule is CCn1ccc2cc3c(cc21)C=CC3(C)C. The van der Waals surface area contributed by atoms with Crippen LogP contribution in [0.4, 0.5) is 0 Å². The molecule has 0 saturated heterocycles. The summed E-state index contributed by atoms with van der Waals surface area (Å²) in [4.78, 5) is 0. The van der Waals surface area contributed by atoms with E-state index in [1.54, 1.807) is 0 Å². The van der Waals surface area contributed by atoms with Crippen molar-refractivity contribution in [2.45, 2.75) is 32.7 Å². The molecule has 0 atom stereocenters. The van der Waals surface area contributed by atoms with E-state index in [9.17, 15) is 0 Å². The third-order valence-electron chi connectivity index (χ3n) is 3.66. The normalized spacial score (nSPS) is 16.9. The van der Waals surface area contributed by atoms with Gasteiger partial charge in [0.05, 0.1) is 0 Å². The Balaban J connectivity index is 2.31. The van der Waals surface area contributed by atoms with Crippen molar-refractivity contribution in [3.05, 3.63) is 41.6 Å². The van der Waals surface area contributed by atoms with Crippen molar-refractivity contribution >= 4 is 17.0 Å². The fourth-order valence-corrected chi connectivity index (χ4v) is 2.61. The van der Waals surface area contributed by atoms with Gasteiger partial charge in [-0.25, -0.2) is 0 Å². The second-order valence-corrected chi connectivity index (χ2v) is 5.16. The second-order valence-electron chi connectivity index (χ2n) is 5.16. The van der Waals surface area contributed by atoms with Crippen molar-refractivity contribution < 1.29 is 0 Å². The van der Waals surface area contributed by atoms with Gasteiger partial charge >= 0.3 is 0 Å². The summed E-state index contributed by atoms with van der Waals surface area (Å²) in [6.45, 7) is 7.78. The first-order valence-corrected chi connectivity index (χ1v) is 5.94. The van der Waals surface area contributed by atoms with Crippen LogP contribution in [0, 0.1) is 0 Å². The van der Waals surface area contributed by atoms with Gasteiger partial charge in [-0.15, -0.1) is 0 Å². The highest BCUT2D eigenvalue weighted by Crippen LogP contribution is 2.37. The smallest absolute Gasteiger partial charge is 0.0486 e. The molecule has 1 heterocycles. The minimum Gasteiger partial charge on any atom is -0.348 e. The lowest BCUT2D eigenvalue weighted by atomic mass is 9.86. The van der Waals surface area contributed by atoms with Crippen molar-refractivity contribution in [3.8, 4) is 0 Å². The molecule has 0 bridgehead atoms. The first-order valence-electron chi connectivity index (χ1n) is 5.94. The van der Waals surface area contributed by atoms with Crippen LogP contribution in [0.1, 0.15) is 31.9 Å². The van der Waals surface area contributed by atoms with E-state index in [1.807, 2.05) is 0 Å². The van der Waals surface area contributed by atoms with E-state index in [1.165, 1.54) is 22.0 Å². The van der Waals surface area contributed by atoms with E-state index in [4.69, 9.17) is 0 Å². The second kappa shape index (κ2) is 3.00. The number of hydrogen-bond acceptors (Lipinski definition) is 0. The molecule has 1 aromatic heterocycles. The van der Waals surface area contributed by atoms with Crippen molar-refractivity contribution in [1.29, 1.82) is 0 Å². The fraction of sp³-hybridized carbons (Fsp3) is 0.333. The van der Waals surface area contributed by atoms with E-state index in [0.717, 1.165) is 6.54 Å². The zero-order chi connectivity index (χ0) is 11.3. The van der Waals surface area contributed by atoms with Gasteiger partial charge in [-0.1, -0.05) is 26.0 Å². The number of nitrogens with zero attached hydrogens (tertiary/aromatic N) is 1. The number of benzene rings is 1. The van der Waals surface area contributed by atoms with Crippen molar-refractivity contribution in [2.75, 3.05) is 0 Å². The molecule has 1 nitrogen and oxygen atoms in total. The molecule has 2 aromatic rings. The molecule has 0 unspecified atom stereocenters. The Labute approximate surface area is 96.4 Å². The maximum Gasteiger partial charge on any atom is 0.0486 e. The molecular weight excluding hydrogens is 194 g/mol. The van der Waals surface area contributed by atoms with Gasteiger partial charge in [0, 0.05) is 23.7 Å². The van der Waals surface area contributed by atoms with Gasteiger partial charge < -0.3 is 4.57 Å². The number of aryl methyl sites for hydroxylation is 1. The Hall–Kier alpha value is -1.50. The van der Waals surface area contributed by atoms with Crippen LogP contribution >= 0.6 is 0 Å². The lowest BCUT2D eigenvalue weighted by Gasteiger charge is -2.18. The van der Waals surface area contributed by atoms with Crippen LogP contribution < -0.4 is 0 Å². The topological polar surface area (TPSA) is 4.93 Å². The Morgan fingerprint density at radius 3 is 2.81 bits per heavy atom. The summed E-state index contributed by atoms with van der Waals surface area (Å²) < 4.78 is 2.30. The monoisotopic (exact) mass is 211 g/mol. The summed E-state index contributed by atoms with van der Waals surface area (Å²) in [5.74, 6) is 0. The summed E-state index contributed by atoms with van der Waals surface area (Å²) in [5, 5.41) is 1.36. The van der Waals surface area contributed by atoms with E-state index in [0.29, 0.717) is 0 Å². The zero-order valence-electron chi connectivity index (χ0n) is 10.1. The highest BCUT2D eigenvalue weighted by atomic mass is 14.9. The molecule has 0 aliphatic heterocycles. The summed E-state index contributed by atoms with van der Waals surface area (Å²) >= 11 is 0. The molecule has 16 heavy (non-hydrogen) atoms. The maximum atomic E-state index is 2.34. The van der Waals surface area contributed by atoms with Crippen LogP contribution in [0.15, 0.2) is 30.5 Å². The lowest BCUT2D eigenvalue weighted by molar-refractivity contribution is 0.684. The Kier molecular flexibility index (Phi) is 1.82. The summed E-state index contributed by atoms with van der Waals surface area (Å²) in [5.41, 5.74) is 4.38. The Bertz CT molecular complexity index is 585. The quantitative estimate of drug-likeness (QED) is 0.672. The van der Waals surface area contributed by atoms with Crippen LogP contribution in [0.25, 0.3) is 17.0 Å². The third kappa shape index (κ3) is 1.18. The molecule has 1 aromatic carbocycles. The first-order chi connectivity index (χ1) is 7.62. The minimum atomic E-state index is 0.192. The predicted molar refractivity (Wildman–Crippen MR) is 69.7 cm³/mol. The molecule has 3 rings (SSSR count). The molecule has 0 N–H and O–H groups in total. The lowest BCUT2D eigenvalue weighted by Crippen LogP contribution is -2.10. The van der Waals surface area contributed by atoms with Gasteiger partial charge in [0.2, 0.25) is 0 Å². The Morgan fingerprint density at radius 1 is 1.25 bits per heavy atom. The molecule has 1 aliphatic carbocycles. The molecule has 0 saturated carbocycles. The Morgan fingerprint density at radius 2 is 2.06 bits per heavy atom. The molecule has 0 amide bonds. The molecule has 1 heteroatoms. The van der Waals surface area contributed by atoms with Gasteiger partial charge in [0.25, 0.3) is 0 Å². The zero-order valence-corrected chi connectivity index (χ0v) is 10.1. The molecule has 1 aliphatic rings. The molecule has 0 spiro atoms. The van der Waals surface area contributed by atoms with Crippen molar-refractivity contribution in [2.24, 2.45) is 0 Å². The van der Waals surface area contributed by atoms with Crippen LogP contribution in [0.5, 0.6) is 0 Å². The van der Waals surface area contributed by atoms with E-state index >= 15 is 0 Å². The van der Waals surface area contributed by atoms with E-state index in [2.05, 4.69) is 61.9 Å². The van der Waals surface area contributed by atoms with Crippen LogP contribution in [-0.2, 0) is 12.0 Å². The highest BCUT2D eigenvalue weighted by molar-refractivity contribution is 5.86. The first kappa shape index (κ1) is 9.71. The van der Waals surface area contributed by atoms with Crippen LogP contribution in [0.3, 0.4) is 0 Å². The van der Waals surface area contributed by atoms with E-state index in [-0.39, 0.29) is 5.41 Å². The van der Waals surface area contributed by atoms with Gasteiger partial charge in [0.15, 0.2) is 0 Å². The summed E-state index contributed by atoms with van der Waals surface area (Å²) in [6, 6.07) is 6.88. The third-order valence-corrected chi connectivity index (χ3v) is 3.66. The van der Waals surface area contributed by atoms with Gasteiger partial charge in [-0.3, -0.25) is 0 Å². The van der Waals surface area contributed by atoms with Crippen LogP contribution in [0.2, 0.25) is 0 Å². The van der Waals surface area contributed by atoms with E-state index < -0.39 is 0 Å². The maximum absolute atomic E-state index is 2.34. The fourth-order valence-electron chi connectivity index (χ4n) is 2.61. The molecule has 82 valence electrons. The number of fused-ring (bicyclic) bond motifs is 2. The van der Waals surface area contributed by atoms with Gasteiger partial charge in [-0.05, 0) is 41.6 Å². The van der Waals surface area contributed by atoms with Crippen molar-refractivity contribution in [1.82, 2.24) is 4.57 Å². The van der Waals surface area contributed by atoms with Crippen LogP contribution in [-0.4, -0.2) is 4.57 Å². The minimum absolute atomic E-state index is 0.192. The molecular formula is C15H17N. The molecule has 0 radical (unpaired) electrons. The van der Waals surface area contributed by atoms with Gasteiger partial charge in [-0.2, -0.15) is 0 Å². The average Bonchev–Trinajstić information content (AvgIpc) is 2.78. The highest BCUT2D eigenvalue weighted by Gasteiger charge is 2.25. The van der Waals surface area contributed by atoms with Gasteiger partial charge in [0.1, 0.15) is 0 Å². The number of aromatic nitrogens is 1. The summed E-state index contributed by atoms with van der Waals surface area (Å²) in [6.07, 6.45) is 6.73. The number of rotatable bonds is 1.